The molecule has 0 saturated carbocycles. The molecule has 1 aliphatic rings. The van der Waals surface area contributed by atoms with Gasteiger partial charge in [-0.3, -0.25) is 18.7 Å². The molecule has 4 aromatic carbocycles. The molecule has 14 heteroatoms. The maximum absolute atomic E-state index is 14.2. The monoisotopic (exact) mass is 809 g/mol. The first-order valence-electron chi connectivity index (χ1n) is 17.8. The maximum atomic E-state index is 14.2. The standard InChI is InChI=1S/C41H45Cl2N3O8S/c1-40(2,3)53-37(48)26-46(55(51,52)31-24-29(42)23-30(43)25-31)35-12-8-9-32-33(35)10-7-11-34(32)36(47)18-15-27-13-16-28(17-14-27)38(49)44-19-21-45(22-20-44)39(50)54-41(4,5)6/h7-14,16-17,23-25H,15,18-22,26H2,1-6H3. The van der Waals surface area contributed by atoms with Crippen LogP contribution in [0, 0.1) is 0 Å². The molecule has 0 unspecified atom stereocenters. The molecule has 0 bridgehead atoms. The molecule has 0 spiro atoms. The van der Waals surface area contributed by atoms with Crippen LogP contribution in [0.25, 0.3) is 10.8 Å². The molecule has 1 aliphatic heterocycles. The van der Waals surface area contributed by atoms with Gasteiger partial charge in [0.2, 0.25) is 0 Å². The molecule has 1 saturated heterocycles. The van der Waals surface area contributed by atoms with Gasteiger partial charge in [-0.1, -0.05) is 65.7 Å². The van der Waals surface area contributed by atoms with E-state index in [0.29, 0.717) is 54.5 Å². The number of benzene rings is 4. The van der Waals surface area contributed by atoms with Crippen molar-refractivity contribution in [1.29, 1.82) is 0 Å². The van der Waals surface area contributed by atoms with Crippen molar-refractivity contribution in [3.8, 4) is 0 Å². The minimum Gasteiger partial charge on any atom is -0.459 e. The lowest BCUT2D eigenvalue weighted by Gasteiger charge is -2.35. The third kappa shape index (κ3) is 10.6. The van der Waals surface area contributed by atoms with E-state index in [1.807, 2.05) is 32.9 Å². The van der Waals surface area contributed by atoms with E-state index in [4.69, 9.17) is 32.7 Å². The number of anilines is 1. The highest BCUT2D eigenvalue weighted by atomic mass is 35.5. The van der Waals surface area contributed by atoms with E-state index in [1.54, 1.807) is 79.1 Å². The molecule has 0 atom stereocenters. The van der Waals surface area contributed by atoms with Gasteiger partial charge in [-0.2, -0.15) is 0 Å². The summed E-state index contributed by atoms with van der Waals surface area (Å²) in [5, 5.41) is 1.14. The summed E-state index contributed by atoms with van der Waals surface area (Å²) < 4.78 is 40.3. The first-order valence-corrected chi connectivity index (χ1v) is 20.0. The Bertz CT molecular complexity index is 2190. The van der Waals surface area contributed by atoms with E-state index in [0.717, 1.165) is 9.87 Å². The average molecular weight is 811 g/mol. The Morgan fingerprint density at radius 3 is 1.89 bits per heavy atom. The number of carbonyl (C=O) groups is 4. The highest BCUT2D eigenvalue weighted by molar-refractivity contribution is 7.93. The topological polar surface area (TPSA) is 131 Å². The van der Waals surface area contributed by atoms with Crippen molar-refractivity contribution in [2.45, 2.75) is 70.5 Å². The highest BCUT2D eigenvalue weighted by Gasteiger charge is 2.32. The van der Waals surface area contributed by atoms with Gasteiger partial charge in [0.25, 0.3) is 15.9 Å². The number of carbonyl (C=O) groups excluding carboxylic acids is 4. The lowest BCUT2D eigenvalue weighted by Crippen LogP contribution is -2.51. The molecular weight excluding hydrogens is 765 g/mol. The zero-order valence-corrected chi connectivity index (χ0v) is 34.1. The van der Waals surface area contributed by atoms with Gasteiger partial charge < -0.3 is 19.3 Å². The number of sulfonamides is 1. The first-order chi connectivity index (χ1) is 25.7. The quantitative estimate of drug-likeness (QED) is 0.116. The van der Waals surface area contributed by atoms with Crippen LogP contribution < -0.4 is 4.31 Å². The van der Waals surface area contributed by atoms with Crippen molar-refractivity contribution in [1.82, 2.24) is 9.80 Å². The fourth-order valence-corrected chi connectivity index (χ4v) is 8.31. The number of amides is 2. The number of esters is 1. The third-order valence-electron chi connectivity index (χ3n) is 8.65. The molecule has 4 aromatic rings. The second-order valence-electron chi connectivity index (χ2n) is 15.3. The molecule has 5 rings (SSSR count). The number of Topliss-reactive ketones (excluding diaryl/α,β-unsaturated/α-hetero) is 1. The zero-order valence-electron chi connectivity index (χ0n) is 31.7. The van der Waals surface area contributed by atoms with Crippen molar-refractivity contribution in [3.05, 3.63) is 106 Å². The number of halogens is 2. The summed E-state index contributed by atoms with van der Waals surface area (Å²) >= 11 is 12.4. The fourth-order valence-electron chi connectivity index (χ4n) is 6.16. The SMILES string of the molecule is CC(C)(C)OC(=O)CN(c1cccc2c(C(=O)CCc3ccc(C(=O)N4CCN(C(=O)OC(C)(C)C)CC4)cc3)cccc12)S(=O)(=O)c1cc(Cl)cc(Cl)c1. The Balaban J connectivity index is 1.32. The summed E-state index contributed by atoms with van der Waals surface area (Å²) in [7, 11) is -4.42. The molecule has 55 heavy (non-hydrogen) atoms. The van der Waals surface area contributed by atoms with Crippen LogP contribution in [-0.4, -0.2) is 85.9 Å². The van der Waals surface area contributed by atoms with E-state index >= 15 is 0 Å². The second kappa shape index (κ2) is 16.6. The average Bonchev–Trinajstić information content (AvgIpc) is 3.10. The van der Waals surface area contributed by atoms with Crippen LogP contribution in [0.2, 0.25) is 10.0 Å². The Kier molecular flexibility index (Phi) is 12.5. The van der Waals surface area contributed by atoms with Crippen LogP contribution in [0.4, 0.5) is 10.5 Å². The third-order valence-corrected chi connectivity index (χ3v) is 10.8. The number of hydrogen-bond acceptors (Lipinski definition) is 8. The fraction of sp³-hybridized carbons (Fsp3) is 0.366. The summed E-state index contributed by atoms with van der Waals surface area (Å²) in [6, 6.07) is 21.0. The smallest absolute Gasteiger partial charge is 0.410 e. The number of ketones is 1. The molecule has 1 heterocycles. The molecule has 11 nitrogen and oxygen atoms in total. The maximum Gasteiger partial charge on any atom is 0.410 e. The Labute approximate surface area is 332 Å². The van der Waals surface area contributed by atoms with Crippen LogP contribution in [0.15, 0.2) is 83.8 Å². The molecule has 0 aromatic heterocycles. The van der Waals surface area contributed by atoms with Gasteiger partial charge in [0.1, 0.15) is 17.7 Å². The Morgan fingerprint density at radius 1 is 0.727 bits per heavy atom. The largest absolute Gasteiger partial charge is 0.459 e. The first kappa shape index (κ1) is 41.5. The van der Waals surface area contributed by atoms with Gasteiger partial charge in [0, 0.05) is 59.2 Å². The molecule has 0 aliphatic carbocycles. The van der Waals surface area contributed by atoms with Gasteiger partial charge in [0.15, 0.2) is 5.78 Å². The van der Waals surface area contributed by atoms with Gasteiger partial charge in [-0.25, -0.2) is 13.2 Å². The van der Waals surface area contributed by atoms with E-state index in [2.05, 4.69) is 0 Å². The summed E-state index contributed by atoms with van der Waals surface area (Å²) in [4.78, 5) is 55.6. The summed E-state index contributed by atoms with van der Waals surface area (Å²) in [6.07, 6.45) is 0.145. The number of rotatable bonds is 10. The highest BCUT2D eigenvalue weighted by Crippen LogP contribution is 2.35. The zero-order chi connectivity index (χ0) is 40.3. The van der Waals surface area contributed by atoms with Crippen molar-refractivity contribution >= 4 is 73.4 Å². The van der Waals surface area contributed by atoms with Crippen LogP contribution >= 0.6 is 23.2 Å². The molecule has 1 fully saturated rings. The van der Waals surface area contributed by atoms with Crippen molar-refractivity contribution < 1.29 is 37.1 Å². The van der Waals surface area contributed by atoms with Crippen molar-refractivity contribution in [3.63, 3.8) is 0 Å². The number of piperazine rings is 1. The van der Waals surface area contributed by atoms with Gasteiger partial charge in [0.05, 0.1) is 10.6 Å². The normalized spacial score (nSPS) is 13.7. The van der Waals surface area contributed by atoms with Gasteiger partial charge in [-0.15, -0.1) is 0 Å². The Morgan fingerprint density at radius 2 is 1.29 bits per heavy atom. The Hall–Kier alpha value is -4.65. The van der Waals surface area contributed by atoms with Crippen LogP contribution in [0.3, 0.4) is 0 Å². The number of ether oxygens (including phenoxy) is 2. The van der Waals surface area contributed by atoms with E-state index < -0.39 is 39.8 Å². The van der Waals surface area contributed by atoms with E-state index in [9.17, 15) is 27.6 Å². The molecular formula is C41H45Cl2N3O8S. The summed E-state index contributed by atoms with van der Waals surface area (Å²) in [5.74, 6) is -1.09. The van der Waals surface area contributed by atoms with Gasteiger partial charge in [-0.05, 0) is 95.3 Å². The summed E-state index contributed by atoms with van der Waals surface area (Å²) in [6.45, 7) is 11.4. The predicted octanol–water partition coefficient (Wildman–Crippen LogP) is 8.19. The van der Waals surface area contributed by atoms with Crippen LogP contribution in [-0.2, 0) is 30.7 Å². The molecule has 0 N–H and O–H groups in total. The second-order valence-corrected chi connectivity index (χ2v) is 18.0. The number of nitrogens with zero attached hydrogens (tertiary/aromatic N) is 3. The number of fused-ring (bicyclic) bond motifs is 1. The lowest BCUT2D eigenvalue weighted by atomic mass is 9.96. The molecule has 292 valence electrons. The van der Waals surface area contributed by atoms with E-state index in [-0.39, 0.29) is 38.7 Å². The minimum absolute atomic E-state index is 0.102. The molecule has 2 amide bonds. The molecule has 0 radical (unpaired) electrons. The van der Waals surface area contributed by atoms with Gasteiger partial charge >= 0.3 is 12.1 Å². The van der Waals surface area contributed by atoms with Crippen molar-refractivity contribution in [2.75, 3.05) is 37.0 Å². The predicted molar refractivity (Wildman–Crippen MR) is 214 cm³/mol. The summed E-state index contributed by atoms with van der Waals surface area (Å²) in [5.41, 5.74) is 0.447. The lowest BCUT2D eigenvalue weighted by molar-refractivity contribution is -0.152. The van der Waals surface area contributed by atoms with Crippen LogP contribution in [0.1, 0.15) is 74.2 Å². The van der Waals surface area contributed by atoms with Crippen LogP contribution in [0.5, 0.6) is 0 Å². The minimum atomic E-state index is -4.42. The number of hydrogen-bond donors (Lipinski definition) is 0. The number of aryl methyl sites for hydroxylation is 1. The van der Waals surface area contributed by atoms with Crippen molar-refractivity contribution in [2.24, 2.45) is 0 Å². The van der Waals surface area contributed by atoms with E-state index in [1.165, 1.54) is 18.2 Å².